The van der Waals surface area contributed by atoms with Gasteiger partial charge in [0.1, 0.15) is 10.6 Å². The molecule has 2 aromatic carbocycles. The van der Waals surface area contributed by atoms with E-state index in [2.05, 4.69) is 29.4 Å². The van der Waals surface area contributed by atoms with Crippen LogP contribution >= 0.6 is 23.1 Å². The van der Waals surface area contributed by atoms with Crippen LogP contribution in [0.4, 0.5) is 5.69 Å². The van der Waals surface area contributed by atoms with Crippen molar-refractivity contribution in [3.8, 4) is 11.4 Å². The van der Waals surface area contributed by atoms with Crippen molar-refractivity contribution < 1.29 is 14.3 Å². The first-order chi connectivity index (χ1) is 19.0. The number of hydrogen-bond acceptors (Lipinski definition) is 8. The summed E-state index contributed by atoms with van der Waals surface area (Å²) in [7, 11) is 1.56. The van der Waals surface area contributed by atoms with Crippen LogP contribution in [0, 0.1) is 5.92 Å². The van der Waals surface area contributed by atoms with Gasteiger partial charge in [-0.05, 0) is 35.7 Å². The van der Waals surface area contributed by atoms with Crippen LogP contribution in [-0.2, 0) is 22.6 Å². The maximum Gasteiger partial charge on any atom is 0.268 e. The minimum absolute atomic E-state index is 0.0454. The minimum atomic E-state index is -0.201. The third-order valence-electron chi connectivity index (χ3n) is 6.81. The largest absolute Gasteiger partial charge is 0.495 e. The van der Waals surface area contributed by atoms with Crippen molar-refractivity contribution in [1.29, 1.82) is 0 Å². The van der Waals surface area contributed by atoms with Gasteiger partial charge >= 0.3 is 0 Å². The topological polar surface area (TPSA) is 99.7 Å². The number of rotatable bonds is 7. The molecule has 0 radical (unpaired) electrons. The van der Waals surface area contributed by atoms with Crippen molar-refractivity contribution in [1.82, 2.24) is 19.2 Å². The molecule has 200 valence electrons. The Balaban J connectivity index is 1.44. The number of nitrogens with one attached hydrogen (secondary N) is 1. The van der Waals surface area contributed by atoms with E-state index in [1.807, 2.05) is 46.9 Å². The molecule has 6 rings (SSSR count). The fourth-order valence-corrected chi connectivity index (χ4v) is 6.87. The zero-order valence-electron chi connectivity index (χ0n) is 21.7. The lowest BCUT2D eigenvalue weighted by Crippen LogP contribution is -2.28. The number of carbonyl (C=O) groups excluding carboxylic acids is 1. The number of anilines is 1. The molecule has 4 heterocycles. The predicted molar refractivity (Wildman–Crippen MR) is 153 cm³/mol. The molecule has 0 saturated carbocycles. The van der Waals surface area contributed by atoms with Crippen molar-refractivity contribution in [2.24, 2.45) is 5.92 Å². The molecule has 0 unspecified atom stereocenters. The Hall–Kier alpha value is -3.67. The van der Waals surface area contributed by atoms with E-state index >= 15 is 0 Å². The van der Waals surface area contributed by atoms with Crippen molar-refractivity contribution >= 4 is 50.7 Å². The molecule has 39 heavy (non-hydrogen) atoms. The minimum Gasteiger partial charge on any atom is -0.495 e. The standard InChI is InChI=1S/C28H27N5O4S2/c1-16(2)21-13-18-22(14-37-21)39-26-24(18)25(35)32(17-9-5-4-6-10-17)27-30-31-28(33(26)27)38-15-23(34)29-19-11-7-8-12-20(19)36-3/h4-12,16,21H,13-15H2,1-3H3,(H,29,34)/t21-/m0/s1. The quantitative estimate of drug-likeness (QED) is 0.281. The van der Waals surface area contributed by atoms with Gasteiger partial charge in [-0.15, -0.1) is 21.5 Å². The Morgan fingerprint density at radius 3 is 2.72 bits per heavy atom. The zero-order chi connectivity index (χ0) is 27.1. The van der Waals surface area contributed by atoms with Gasteiger partial charge in [0.25, 0.3) is 5.56 Å². The molecule has 1 N–H and O–H groups in total. The molecular formula is C28H27N5O4S2. The van der Waals surface area contributed by atoms with Gasteiger partial charge in [-0.1, -0.05) is 55.9 Å². The van der Waals surface area contributed by atoms with E-state index in [0.29, 0.717) is 52.4 Å². The average Bonchev–Trinajstić information content (AvgIpc) is 3.54. The first-order valence-electron chi connectivity index (χ1n) is 12.6. The van der Waals surface area contributed by atoms with Gasteiger partial charge in [0.05, 0.1) is 42.3 Å². The number of para-hydroxylation sites is 3. The van der Waals surface area contributed by atoms with Gasteiger partial charge < -0.3 is 14.8 Å². The number of methoxy groups -OCH3 is 1. The molecule has 1 atom stereocenters. The molecule has 0 bridgehead atoms. The summed E-state index contributed by atoms with van der Waals surface area (Å²) in [4.78, 5) is 28.7. The third-order valence-corrected chi connectivity index (χ3v) is 8.93. The summed E-state index contributed by atoms with van der Waals surface area (Å²) < 4.78 is 15.0. The number of ether oxygens (including phenoxy) is 2. The molecule has 11 heteroatoms. The number of carbonyl (C=O) groups is 1. The summed E-state index contributed by atoms with van der Waals surface area (Å²) >= 11 is 2.81. The summed E-state index contributed by atoms with van der Waals surface area (Å²) in [5, 5.41) is 12.9. The Bertz CT molecular complexity index is 1740. The van der Waals surface area contributed by atoms with Crippen molar-refractivity contribution in [2.75, 3.05) is 18.2 Å². The van der Waals surface area contributed by atoms with E-state index in [-0.39, 0.29) is 23.3 Å². The number of fused-ring (bicyclic) bond motifs is 5. The molecule has 0 fully saturated rings. The maximum absolute atomic E-state index is 14.1. The van der Waals surface area contributed by atoms with Crippen LogP contribution in [0.2, 0.25) is 0 Å². The highest BCUT2D eigenvalue weighted by atomic mass is 32.2. The number of benzene rings is 2. The average molecular weight is 562 g/mol. The fraction of sp³-hybridized carbons (Fsp3) is 0.286. The molecular weight excluding hydrogens is 534 g/mol. The summed E-state index contributed by atoms with van der Waals surface area (Å²) in [6.45, 7) is 4.74. The molecule has 0 spiro atoms. The van der Waals surface area contributed by atoms with Crippen molar-refractivity contribution in [3.05, 3.63) is 75.4 Å². The summed E-state index contributed by atoms with van der Waals surface area (Å²) in [6, 6.07) is 16.7. The molecule has 0 saturated heterocycles. The maximum atomic E-state index is 14.1. The fourth-order valence-electron chi connectivity index (χ4n) is 4.83. The number of amides is 1. The molecule has 5 aromatic rings. The second-order valence-corrected chi connectivity index (χ2v) is 11.6. The van der Waals surface area contributed by atoms with Gasteiger partial charge in [-0.3, -0.25) is 9.59 Å². The number of nitrogens with zero attached hydrogens (tertiary/aromatic N) is 4. The van der Waals surface area contributed by atoms with Gasteiger partial charge in [0.2, 0.25) is 11.7 Å². The summed E-state index contributed by atoms with van der Waals surface area (Å²) in [5.41, 5.74) is 2.22. The van der Waals surface area contributed by atoms with Gasteiger partial charge in [-0.2, -0.15) is 0 Å². The lowest BCUT2D eigenvalue weighted by atomic mass is 9.96. The van der Waals surface area contributed by atoms with Crippen molar-refractivity contribution in [2.45, 2.75) is 38.1 Å². The first kappa shape index (κ1) is 25.6. The zero-order valence-corrected chi connectivity index (χ0v) is 23.3. The highest BCUT2D eigenvalue weighted by Gasteiger charge is 2.30. The van der Waals surface area contributed by atoms with E-state index in [1.54, 1.807) is 23.8 Å². The monoisotopic (exact) mass is 561 g/mol. The van der Waals surface area contributed by atoms with Crippen LogP contribution in [0.15, 0.2) is 64.5 Å². The van der Waals surface area contributed by atoms with Crippen LogP contribution in [0.1, 0.15) is 24.3 Å². The Morgan fingerprint density at radius 1 is 1.18 bits per heavy atom. The SMILES string of the molecule is COc1ccccc1NC(=O)CSc1nnc2n(-c3ccccc3)c(=O)c3c4c(sc3n12)CO[C@H](C(C)C)C4. The molecule has 1 amide bonds. The van der Waals surface area contributed by atoms with E-state index in [1.165, 1.54) is 23.1 Å². The lowest BCUT2D eigenvalue weighted by Gasteiger charge is -2.26. The second-order valence-electron chi connectivity index (χ2n) is 9.61. The smallest absolute Gasteiger partial charge is 0.268 e. The molecule has 9 nitrogen and oxygen atoms in total. The van der Waals surface area contributed by atoms with Crippen LogP contribution in [0.3, 0.4) is 0 Å². The van der Waals surface area contributed by atoms with Crippen LogP contribution < -0.4 is 15.6 Å². The normalized spacial score (nSPS) is 15.1. The Labute approximate surface area is 232 Å². The van der Waals surface area contributed by atoms with Gasteiger partial charge in [-0.25, -0.2) is 8.97 Å². The Morgan fingerprint density at radius 2 is 1.95 bits per heavy atom. The molecule has 1 aliphatic rings. The Kier molecular flexibility index (Phi) is 6.88. The van der Waals surface area contributed by atoms with E-state index < -0.39 is 0 Å². The highest BCUT2D eigenvalue weighted by Crippen LogP contribution is 2.37. The summed E-state index contributed by atoms with van der Waals surface area (Å²) in [6.07, 6.45) is 0.720. The van der Waals surface area contributed by atoms with E-state index in [0.717, 1.165) is 15.3 Å². The third kappa shape index (κ3) is 4.60. The number of aromatic nitrogens is 4. The van der Waals surface area contributed by atoms with Crippen molar-refractivity contribution in [3.63, 3.8) is 0 Å². The van der Waals surface area contributed by atoms with Gasteiger partial charge in [0.15, 0.2) is 5.16 Å². The number of hydrogen-bond donors (Lipinski definition) is 1. The lowest BCUT2D eigenvalue weighted by molar-refractivity contribution is -0.113. The summed E-state index contributed by atoms with van der Waals surface area (Å²) in [5.74, 6) is 1.23. The van der Waals surface area contributed by atoms with E-state index in [4.69, 9.17) is 9.47 Å². The number of thioether (sulfide) groups is 1. The molecule has 3 aromatic heterocycles. The van der Waals surface area contributed by atoms with Crippen LogP contribution in [0.25, 0.3) is 21.7 Å². The van der Waals surface area contributed by atoms with Crippen LogP contribution in [0.5, 0.6) is 5.75 Å². The predicted octanol–water partition coefficient (Wildman–Crippen LogP) is 4.93. The molecule has 1 aliphatic heterocycles. The second kappa shape index (κ2) is 10.5. The number of thiophene rings is 1. The van der Waals surface area contributed by atoms with E-state index in [9.17, 15) is 9.59 Å². The highest BCUT2D eigenvalue weighted by molar-refractivity contribution is 7.99. The molecule has 0 aliphatic carbocycles. The first-order valence-corrected chi connectivity index (χ1v) is 14.4. The van der Waals surface area contributed by atoms with Crippen LogP contribution in [-0.4, -0.2) is 44.0 Å². The van der Waals surface area contributed by atoms with Gasteiger partial charge in [0, 0.05) is 11.3 Å².